The van der Waals surface area contributed by atoms with Crippen LogP contribution in [0.3, 0.4) is 0 Å². The first-order valence-corrected chi connectivity index (χ1v) is 7.29. The van der Waals surface area contributed by atoms with E-state index in [0.29, 0.717) is 38.5 Å². The van der Waals surface area contributed by atoms with Gasteiger partial charge in [0.15, 0.2) is 0 Å². The Morgan fingerprint density at radius 2 is 1.79 bits per heavy atom. The Morgan fingerprint density at radius 3 is 2.42 bits per heavy atom. The molecule has 0 heterocycles. The van der Waals surface area contributed by atoms with Gasteiger partial charge in [0.2, 0.25) is 5.91 Å². The van der Waals surface area contributed by atoms with Crippen LogP contribution in [0.5, 0.6) is 0 Å². The maximum absolute atomic E-state index is 11.8. The Bertz CT molecular complexity index is 325. The van der Waals surface area contributed by atoms with Crippen molar-refractivity contribution in [2.75, 3.05) is 13.2 Å². The van der Waals surface area contributed by atoms with Gasteiger partial charge in [-0.25, -0.2) is 0 Å². The van der Waals surface area contributed by atoms with Crippen molar-refractivity contribution in [2.24, 2.45) is 11.8 Å². The molecule has 5 nitrogen and oxygen atoms in total. The SMILES string of the molecule is O=C(O)[C@@H]1CC[C@H](C(=O)NCCOC2CCCC2)C1. The lowest BCUT2D eigenvalue weighted by Crippen LogP contribution is -2.33. The number of carbonyl (C=O) groups is 2. The van der Waals surface area contributed by atoms with Crippen molar-refractivity contribution in [1.29, 1.82) is 0 Å². The molecule has 2 aliphatic carbocycles. The molecule has 0 bridgehead atoms. The van der Waals surface area contributed by atoms with Gasteiger partial charge in [-0.1, -0.05) is 12.8 Å². The number of amides is 1. The van der Waals surface area contributed by atoms with Crippen LogP contribution in [0.15, 0.2) is 0 Å². The highest BCUT2D eigenvalue weighted by atomic mass is 16.5. The van der Waals surface area contributed by atoms with E-state index in [0.717, 1.165) is 12.8 Å². The summed E-state index contributed by atoms with van der Waals surface area (Å²) in [4.78, 5) is 22.7. The fourth-order valence-electron chi connectivity index (χ4n) is 3.04. The molecule has 0 aromatic heterocycles. The molecule has 1 amide bonds. The van der Waals surface area contributed by atoms with Gasteiger partial charge < -0.3 is 15.2 Å². The number of hydrogen-bond donors (Lipinski definition) is 2. The lowest BCUT2D eigenvalue weighted by molar-refractivity contribution is -0.141. The lowest BCUT2D eigenvalue weighted by Gasteiger charge is -2.13. The summed E-state index contributed by atoms with van der Waals surface area (Å²) in [7, 11) is 0. The second-order valence-corrected chi connectivity index (χ2v) is 5.61. The number of hydrogen-bond acceptors (Lipinski definition) is 3. The number of carboxylic acid groups (broad SMARTS) is 1. The zero-order valence-corrected chi connectivity index (χ0v) is 11.3. The number of aliphatic carboxylic acids is 1. The summed E-state index contributed by atoms with van der Waals surface area (Å²) in [6, 6.07) is 0. The molecule has 108 valence electrons. The highest BCUT2D eigenvalue weighted by Gasteiger charge is 2.33. The Balaban J connectivity index is 1.58. The van der Waals surface area contributed by atoms with Crippen molar-refractivity contribution < 1.29 is 19.4 Å². The van der Waals surface area contributed by atoms with Gasteiger partial charge in [0.25, 0.3) is 0 Å². The molecule has 2 N–H and O–H groups in total. The van der Waals surface area contributed by atoms with Crippen LogP contribution >= 0.6 is 0 Å². The second-order valence-electron chi connectivity index (χ2n) is 5.61. The van der Waals surface area contributed by atoms with E-state index in [1.807, 2.05) is 0 Å². The van der Waals surface area contributed by atoms with E-state index in [1.165, 1.54) is 12.8 Å². The summed E-state index contributed by atoms with van der Waals surface area (Å²) in [5, 5.41) is 11.7. The molecule has 19 heavy (non-hydrogen) atoms. The van der Waals surface area contributed by atoms with Gasteiger partial charge in [-0.05, 0) is 32.1 Å². The summed E-state index contributed by atoms with van der Waals surface area (Å²) < 4.78 is 5.67. The Hall–Kier alpha value is -1.10. The van der Waals surface area contributed by atoms with E-state index in [-0.39, 0.29) is 17.7 Å². The van der Waals surface area contributed by atoms with Gasteiger partial charge in [0.1, 0.15) is 0 Å². The molecule has 0 unspecified atom stereocenters. The van der Waals surface area contributed by atoms with Crippen LogP contribution in [0, 0.1) is 11.8 Å². The Kier molecular flexibility index (Phi) is 5.19. The predicted molar refractivity (Wildman–Crippen MR) is 69.7 cm³/mol. The van der Waals surface area contributed by atoms with Crippen LogP contribution in [0.4, 0.5) is 0 Å². The van der Waals surface area contributed by atoms with E-state index in [4.69, 9.17) is 9.84 Å². The molecule has 5 heteroatoms. The molecule has 2 fully saturated rings. The standard InChI is InChI=1S/C14H23NO4/c16-13(10-5-6-11(9-10)14(17)18)15-7-8-19-12-3-1-2-4-12/h10-12H,1-9H2,(H,15,16)(H,17,18)/t10-,11+/m0/s1. The van der Waals surface area contributed by atoms with Gasteiger partial charge in [-0.15, -0.1) is 0 Å². The number of rotatable bonds is 6. The maximum atomic E-state index is 11.8. The van der Waals surface area contributed by atoms with Crippen molar-refractivity contribution in [3.05, 3.63) is 0 Å². The fraction of sp³-hybridized carbons (Fsp3) is 0.857. The summed E-state index contributed by atoms with van der Waals surface area (Å²) in [6.45, 7) is 1.09. The minimum atomic E-state index is -0.778. The molecule has 0 aliphatic heterocycles. The average molecular weight is 269 g/mol. The minimum absolute atomic E-state index is 0.0150. The summed E-state index contributed by atoms with van der Waals surface area (Å²) in [5.41, 5.74) is 0. The van der Waals surface area contributed by atoms with Crippen molar-refractivity contribution in [1.82, 2.24) is 5.32 Å². The first-order valence-electron chi connectivity index (χ1n) is 7.29. The third kappa shape index (κ3) is 4.20. The monoisotopic (exact) mass is 269 g/mol. The van der Waals surface area contributed by atoms with E-state index in [2.05, 4.69) is 5.32 Å². The van der Waals surface area contributed by atoms with Gasteiger partial charge in [0, 0.05) is 12.5 Å². The minimum Gasteiger partial charge on any atom is -0.481 e. The Labute approximate surface area is 113 Å². The normalized spacial score (nSPS) is 27.6. The molecule has 0 radical (unpaired) electrons. The topological polar surface area (TPSA) is 75.6 Å². The van der Waals surface area contributed by atoms with Crippen molar-refractivity contribution >= 4 is 11.9 Å². The van der Waals surface area contributed by atoms with Crippen molar-refractivity contribution in [3.63, 3.8) is 0 Å². The summed E-state index contributed by atoms with van der Waals surface area (Å²) in [5.74, 6) is -1.27. The van der Waals surface area contributed by atoms with E-state index >= 15 is 0 Å². The van der Waals surface area contributed by atoms with Crippen LogP contribution < -0.4 is 5.32 Å². The molecule has 2 aliphatic rings. The largest absolute Gasteiger partial charge is 0.481 e. The molecule has 0 aromatic rings. The van der Waals surface area contributed by atoms with Gasteiger partial charge >= 0.3 is 5.97 Å². The number of carbonyl (C=O) groups excluding carboxylic acids is 1. The molecule has 2 atom stereocenters. The predicted octanol–water partition coefficient (Wildman–Crippen LogP) is 1.56. The third-order valence-electron chi connectivity index (χ3n) is 4.21. The number of nitrogens with one attached hydrogen (secondary N) is 1. The van der Waals surface area contributed by atoms with E-state index in [1.54, 1.807) is 0 Å². The third-order valence-corrected chi connectivity index (χ3v) is 4.21. The molecular formula is C14H23NO4. The fourth-order valence-corrected chi connectivity index (χ4v) is 3.04. The van der Waals surface area contributed by atoms with Gasteiger partial charge in [-0.2, -0.15) is 0 Å². The molecular weight excluding hydrogens is 246 g/mol. The summed E-state index contributed by atoms with van der Waals surface area (Å²) >= 11 is 0. The molecule has 0 spiro atoms. The molecule has 2 saturated carbocycles. The van der Waals surface area contributed by atoms with Crippen LogP contribution in [-0.2, 0) is 14.3 Å². The number of ether oxygens (including phenoxy) is 1. The highest BCUT2D eigenvalue weighted by molar-refractivity contribution is 5.80. The maximum Gasteiger partial charge on any atom is 0.306 e. The zero-order chi connectivity index (χ0) is 13.7. The Morgan fingerprint density at radius 1 is 1.11 bits per heavy atom. The smallest absolute Gasteiger partial charge is 0.306 e. The van der Waals surface area contributed by atoms with Crippen LogP contribution in [-0.4, -0.2) is 36.2 Å². The van der Waals surface area contributed by atoms with Crippen LogP contribution in [0.25, 0.3) is 0 Å². The second kappa shape index (κ2) is 6.89. The highest BCUT2D eigenvalue weighted by Crippen LogP contribution is 2.31. The van der Waals surface area contributed by atoms with Crippen molar-refractivity contribution in [2.45, 2.75) is 51.0 Å². The molecule has 0 aromatic carbocycles. The first-order chi connectivity index (χ1) is 9.16. The van der Waals surface area contributed by atoms with Crippen LogP contribution in [0.2, 0.25) is 0 Å². The lowest BCUT2D eigenvalue weighted by atomic mass is 10.0. The van der Waals surface area contributed by atoms with Crippen LogP contribution in [0.1, 0.15) is 44.9 Å². The quantitative estimate of drug-likeness (QED) is 0.718. The average Bonchev–Trinajstić information content (AvgIpc) is 3.05. The first kappa shape index (κ1) is 14.3. The van der Waals surface area contributed by atoms with Gasteiger partial charge in [0.05, 0.1) is 18.6 Å². The van der Waals surface area contributed by atoms with E-state index < -0.39 is 5.97 Å². The van der Waals surface area contributed by atoms with Crippen molar-refractivity contribution in [3.8, 4) is 0 Å². The van der Waals surface area contributed by atoms with E-state index in [9.17, 15) is 9.59 Å². The zero-order valence-electron chi connectivity index (χ0n) is 11.3. The molecule has 2 rings (SSSR count). The summed E-state index contributed by atoms with van der Waals surface area (Å²) in [6.07, 6.45) is 6.92. The molecule has 0 saturated heterocycles. The number of carboxylic acids is 1. The van der Waals surface area contributed by atoms with Gasteiger partial charge in [-0.3, -0.25) is 9.59 Å².